The van der Waals surface area contributed by atoms with Crippen LogP contribution in [0.4, 0.5) is 0 Å². The second-order valence-corrected chi connectivity index (χ2v) is 4.58. The molecule has 2 N–H and O–H groups in total. The maximum absolute atomic E-state index is 11.6. The van der Waals surface area contributed by atoms with Crippen LogP contribution in [-0.4, -0.2) is 28.4 Å². The van der Waals surface area contributed by atoms with E-state index < -0.39 is 9.84 Å². The van der Waals surface area contributed by atoms with Crippen LogP contribution in [-0.2, 0) is 9.84 Å². The zero-order valence-electron chi connectivity index (χ0n) is 9.49. The van der Waals surface area contributed by atoms with E-state index in [1.54, 1.807) is 0 Å². The molecule has 0 aliphatic carbocycles. The number of aromatic nitrogens is 4. The van der Waals surface area contributed by atoms with Gasteiger partial charge in [-0.15, -0.1) is 17.0 Å². The van der Waals surface area contributed by atoms with Crippen LogP contribution in [0.3, 0.4) is 0 Å². The summed E-state index contributed by atoms with van der Waals surface area (Å²) >= 11 is 0. The summed E-state index contributed by atoms with van der Waals surface area (Å²) in [4.78, 5) is 12.3. The SMILES string of the molecule is Br.CCC#N.O=S(=O)(c1ncc[nH]1)c1ncc[nH]1. The molecule has 9 heteroatoms. The summed E-state index contributed by atoms with van der Waals surface area (Å²) in [7, 11) is -3.59. The lowest BCUT2D eigenvalue weighted by Gasteiger charge is -1.94. The third-order valence-corrected chi connectivity index (χ3v) is 3.08. The summed E-state index contributed by atoms with van der Waals surface area (Å²) in [5.41, 5.74) is 0. The van der Waals surface area contributed by atoms with Crippen molar-refractivity contribution >= 4 is 26.8 Å². The van der Waals surface area contributed by atoms with E-state index >= 15 is 0 Å². The summed E-state index contributed by atoms with van der Waals surface area (Å²) in [6, 6.07) is 1.93. The number of imidazole rings is 2. The van der Waals surface area contributed by atoms with E-state index in [2.05, 4.69) is 19.9 Å². The summed E-state index contributed by atoms with van der Waals surface area (Å²) < 4.78 is 23.1. The van der Waals surface area contributed by atoms with Crippen molar-refractivity contribution in [3.63, 3.8) is 0 Å². The number of H-pyrrole nitrogens is 2. The molecule has 0 aliphatic rings. The lowest BCUT2D eigenvalue weighted by molar-refractivity contribution is 0.581. The molecule has 0 spiro atoms. The first kappa shape index (κ1) is 16.3. The molecule has 0 amide bonds. The predicted molar refractivity (Wildman–Crippen MR) is 68.9 cm³/mol. The molecule has 2 aromatic rings. The number of nitrogens with zero attached hydrogens (tertiary/aromatic N) is 3. The van der Waals surface area contributed by atoms with Crippen LogP contribution >= 0.6 is 17.0 Å². The standard InChI is InChI=1S/C6H6N4O2S.C3H5N.BrH/c11-13(12,5-7-1-2-8-5)6-9-3-4-10-6;1-2-3-4;/h1-4H,(H,7,8)(H,9,10);2H2,1H3;1H. The van der Waals surface area contributed by atoms with Gasteiger partial charge in [-0.3, -0.25) is 0 Å². The van der Waals surface area contributed by atoms with Crippen LogP contribution in [0.2, 0.25) is 0 Å². The minimum atomic E-state index is -3.59. The fourth-order valence-corrected chi connectivity index (χ4v) is 1.92. The summed E-state index contributed by atoms with van der Waals surface area (Å²) in [5, 5.41) is 7.41. The quantitative estimate of drug-likeness (QED) is 0.863. The van der Waals surface area contributed by atoms with Gasteiger partial charge in [0.2, 0.25) is 10.3 Å². The molecule has 98 valence electrons. The van der Waals surface area contributed by atoms with E-state index in [9.17, 15) is 8.42 Å². The van der Waals surface area contributed by atoms with Crippen LogP contribution in [0.5, 0.6) is 0 Å². The minimum absolute atomic E-state index is 0. The Bertz CT molecular complexity index is 531. The molecule has 0 aromatic carbocycles. The topological polar surface area (TPSA) is 115 Å². The van der Waals surface area contributed by atoms with Gasteiger partial charge < -0.3 is 9.97 Å². The number of sulfone groups is 1. The number of nitriles is 1. The van der Waals surface area contributed by atoms with E-state index in [4.69, 9.17) is 5.26 Å². The average molecular weight is 334 g/mol. The second-order valence-electron chi connectivity index (χ2n) is 2.80. The van der Waals surface area contributed by atoms with Crippen molar-refractivity contribution in [1.29, 1.82) is 5.26 Å². The molecule has 7 nitrogen and oxygen atoms in total. The van der Waals surface area contributed by atoms with Crippen molar-refractivity contribution in [3.8, 4) is 6.07 Å². The molecule has 0 aliphatic heterocycles. The molecule has 18 heavy (non-hydrogen) atoms. The van der Waals surface area contributed by atoms with Gasteiger partial charge in [-0.2, -0.15) is 5.26 Å². The van der Waals surface area contributed by atoms with E-state index in [0.717, 1.165) is 0 Å². The summed E-state index contributed by atoms with van der Waals surface area (Å²) in [6.07, 6.45) is 6.25. The Kier molecular flexibility index (Phi) is 6.92. The van der Waals surface area contributed by atoms with Gasteiger partial charge in [-0.25, -0.2) is 18.4 Å². The molecule has 2 aromatic heterocycles. The van der Waals surface area contributed by atoms with Crippen molar-refractivity contribution in [2.45, 2.75) is 23.7 Å². The van der Waals surface area contributed by atoms with Crippen LogP contribution in [0.15, 0.2) is 35.1 Å². The van der Waals surface area contributed by atoms with Gasteiger partial charge in [-0.05, 0) is 0 Å². The Balaban J connectivity index is 0.000000512. The van der Waals surface area contributed by atoms with Crippen molar-refractivity contribution in [3.05, 3.63) is 24.8 Å². The van der Waals surface area contributed by atoms with Gasteiger partial charge >= 0.3 is 0 Å². The fraction of sp³-hybridized carbons (Fsp3) is 0.222. The summed E-state index contributed by atoms with van der Waals surface area (Å²) in [5.74, 6) is 0. The maximum atomic E-state index is 11.6. The first-order valence-electron chi connectivity index (χ1n) is 4.73. The van der Waals surface area contributed by atoms with E-state index in [-0.39, 0.29) is 27.3 Å². The van der Waals surface area contributed by atoms with Gasteiger partial charge in [-0.1, -0.05) is 6.92 Å². The molecule has 0 saturated carbocycles. The zero-order chi connectivity index (χ0) is 12.7. The van der Waals surface area contributed by atoms with Gasteiger partial charge in [0.05, 0.1) is 6.07 Å². The number of nitrogens with one attached hydrogen (secondary N) is 2. The molecule has 0 fully saturated rings. The van der Waals surface area contributed by atoms with Gasteiger partial charge in [0.1, 0.15) is 0 Å². The van der Waals surface area contributed by atoms with Gasteiger partial charge in [0.25, 0.3) is 9.84 Å². The van der Waals surface area contributed by atoms with Crippen molar-refractivity contribution in [2.24, 2.45) is 0 Å². The van der Waals surface area contributed by atoms with Gasteiger partial charge in [0.15, 0.2) is 0 Å². The number of halogens is 1. The Morgan fingerprint density at radius 1 is 1.22 bits per heavy atom. The lowest BCUT2D eigenvalue weighted by Crippen LogP contribution is -2.05. The second kappa shape index (κ2) is 7.62. The number of hydrogen-bond donors (Lipinski definition) is 2. The molecule has 0 atom stereocenters. The van der Waals surface area contributed by atoms with Gasteiger partial charge in [0, 0.05) is 31.2 Å². The largest absolute Gasteiger partial charge is 0.335 e. The Morgan fingerprint density at radius 2 is 1.61 bits per heavy atom. The smallest absolute Gasteiger partial charge is 0.273 e. The third-order valence-electron chi connectivity index (χ3n) is 1.61. The normalized spacial score (nSPS) is 9.56. The van der Waals surface area contributed by atoms with Crippen LogP contribution < -0.4 is 0 Å². The Hall–Kier alpha value is -1.66. The minimum Gasteiger partial charge on any atom is -0.335 e. The molecule has 0 unspecified atom stereocenters. The summed E-state index contributed by atoms with van der Waals surface area (Å²) in [6.45, 7) is 1.82. The molecule has 0 bridgehead atoms. The average Bonchev–Trinajstić information content (AvgIpc) is 3.01. The molecule has 0 radical (unpaired) electrons. The number of rotatable bonds is 2. The monoisotopic (exact) mass is 333 g/mol. The highest BCUT2D eigenvalue weighted by molar-refractivity contribution is 8.93. The highest BCUT2D eigenvalue weighted by Gasteiger charge is 2.22. The molecular weight excluding hydrogens is 322 g/mol. The lowest BCUT2D eigenvalue weighted by atomic mass is 10.6. The highest BCUT2D eigenvalue weighted by atomic mass is 79.9. The molecular formula is C9H12BrN5O2S. The van der Waals surface area contributed by atoms with E-state index in [0.29, 0.717) is 6.42 Å². The first-order chi connectivity index (χ1) is 8.12. The van der Waals surface area contributed by atoms with Crippen molar-refractivity contribution in [1.82, 2.24) is 19.9 Å². The number of hydrogen-bond acceptors (Lipinski definition) is 5. The molecule has 2 heterocycles. The van der Waals surface area contributed by atoms with E-state index in [1.807, 2.05) is 13.0 Å². The zero-order valence-corrected chi connectivity index (χ0v) is 12.0. The third kappa shape index (κ3) is 3.97. The Labute approximate surface area is 115 Å². The number of aromatic amines is 2. The molecule has 0 saturated heterocycles. The first-order valence-corrected chi connectivity index (χ1v) is 6.22. The van der Waals surface area contributed by atoms with E-state index in [1.165, 1.54) is 24.8 Å². The van der Waals surface area contributed by atoms with Crippen LogP contribution in [0.1, 0.15) is 13.3 Å². The predicted octanol–water partition coefficient (Wildman–Crippen LogP) is 1.46. The van der Waals surface area contributed by atoms with Crippen LogP contribution in [0.25, 0.3) is 0 Å². The maximum Gasteiger partial charge on any atom is 0.273 e. The highest BCUT2D eigenvalue weighted by Crippen LogP contribution is 2.11. The van der Waals surface area contributed by atoms with Crippen molar-refractivity contribution in [2.75, 3.05) is 0 Å². The molecule has 2 rings (SSSR count). The fourth-order valence-electron chi connectivity index (χ4n) is 0.887. The van der Waals surface area contributed by atoms with Crippen molar-refractivity contribution < 1.29 is 8.42 Å². The Morgan fingerprint density at radius 3 is 1.83 bits per heavy atom. The van der Waals surface area contributed by atoms with Crippen LogP contribution in [0, 0.1) is 11.3 Å².